The fraction of sp³-hybridized carbons (Fsp3) is 0. The van der Waals surface area contributed by atoms with E-state index in [2.05, 4.69) is 35.9 Å². The Bertz CT molecular complexity index is 1300. The molecule has 0 aliphatic rings. The Morgan fingerprint density at radius 2 is 1.38 bits per heavy atom. The monoisotopic (exact) mass is 488 g/mol. The first-order chi connectivity index (χ1) is 13.9. The number of sulfonamides is 1. The molecule has 0 bridgehead atoms. The van der Waals surface area contributed by atoms with Crippen molar-refractivity contribution in [2.75, 3.05) is 10.0 Å². The standard InChI is InChI=1S/C20H14BrClN4O2S/c21-15-5-1-2-6-16(15)23-19-20(25-18-8-4-3-7-17(18)24-19)26-29(27,28)14-11-9-13(22)10-12-14/h1-12H,(H,23,24)(H,25,26). The number of anilines is 3. The van der Waals surface area contributed by atoms with Crippen molar-refractivity contribution in [3.63, 3.8) is 0 Å². The van der Waals surface area contributed by atoms with Crippen LogP contribution in [0.5, 0.6) is 0 Å². The lowest BCUT2D eigenvalue weighted by Crippen LogP contribution is -2.16. The lowest BCUT2D eigenvalue weighted by Gasteiger charge is -2.14. The number of para-hydroxylation sites is 3. The van der Waals surface area contributed by atoms with Crippen LogP contribution in [0.2, 0.25) is 5.02 Å². The van der Waals surface area contributed by atoms with Gasteiger partial charge in [-0.25, -0.2) is 18.4 Å². The number of aromatic nitrogens is 2. The molecule has 0 amide bonds. The van der Waals surface area contributed by atoms with Crippen LogP contribution in [-0.2, 0) is 10.0 Å². The van der Waals surface area contributed by atoms with Crippen LogP contribution < -0.4 is 10.0 Å². The molecule has 4 aromatic rings. The van der Waals surface area contributed by atoms with Gasteiger partial charge in [0, 0.05) is 9.50 Å². The first kappa shape index (κ1) is 19.6. The maximum atomic E-state index is 12.9. The molecule has 0 unspecified atom stereocenters. The minimum absolute atomic E-state index is 0.0729. The highest BCUT2D eigenvalue weighted by Crippen LogP contribution is 2.30. The molecule has 6 nitrogen and oxygen atoms in total. The van der Waals surface area contributed by atoms with Crippen LogP contribution in [-0.4, -0.2) is 18.4 Å². The van der Waals surface area contributed by atoms with Crippen LogP contribution in [0.1, 0.15) is 0 Å². The summed E-state index contributed by atoms with van der Waals surface area (Å²) in [5.74, 6) is 0.377. The van der Waals surface area contributed by atoms with E-state index in [9.17, 15) is 8.42 Å². The number of halogens is 2. The minimum atomic E-state index is -3.89. The third-order valence-electron chi connectivity index (χ3n) is 4.05. The molecule has 0 aliphatic heterocycles. The molecule has 1 heterocycles. The predicted octanol–water partition coefficient (Wildman–Crippen LogP) is 5.59. The van der Waals surface area contributed by atoms with E-state index in [0.29, 0.717) is 16.1 Å². The van der Waals surface area contributed by atoms with E-state index >= 15 is 0 Å². The van der Waals surface area contributed by atoms with Gasteiger partial charge in [-0.15, -0.1) is 0 Å². The highest BCUT2D eigenvalue weighted by molar-refractivity contribution is 9.10. The van der Waals surface area contributed by atoms with Gasteiger partial charge in [-0.1, -0.05) is 35.9 Å². The largest absolute Gasteiger partial charge is 0.336 e. The van der Waals surface area contributed by atoms with Gasteiger partial charge < -0.3 is 5.32 Å². The first-order valence-corrected chi connectivity index (χ1v) is 11.1. The van der Waals surface area contributed by atoms with Crippen LogP contribution >= 0.6 is 27.5 Å². The van der Waals surface area contributed by atoms with Gasteiger partial charge in [0.15, 0.2) is 11.6 Å². The zero-order chi connectivity index (χ0) is 20.4. The number of hydrogen-bond donors (Lipinski definition) is 2. The van der Waals surface area contributed by atoms with Gasteiger partial charge in [-0.3, -0.25) is 4.72 Å². The second kappa shape index (κ2) is 7.98. The average Bonchev–Trinajstić information content (AvgIpc) is 2.70. The molecule has 2 N–H and O–H groups in total. The molecule has 146 valence electrons. The average molecular weight is 490 g/mol. The maximum absolute atomic E-state index is 12.9. The predicted molar refractivity (Wildman–Crippen MR) is 119 cm³/mol. The Morgan fingerprint density at radius 3 is 2.03 bits per heavy atom. The van der Waals surface area contributed by atoms with Crippen LogP contribution in [0.25, 0.3) is 11.0 Å². The van der Waals surface area contributed by atoms with E-state index in [1.807, 2.05) is 42.5 Å². The third-order valence-corrected chi connectivity index (χ3v) is 6.35. The van der Waals surface area contributed by atoms with E-state index in [-0.39, 0.29) is 16.5 Å². The van der Waals surface area contributed by atoms with Crippen molar-refractivity contribution in [3.05, 3.63) is 82.3 Å². The number of hydrogen-bond acceptors (Lipinski definition) is 5. The van der Waals surface area contributed by atoms with Crippen molar-refractivity contribution in [2.24, 2.45) is 0 Å². The molecule has 0 aliphatic carbocycles. The van der Waals surface area contributed by atoms with Gasteiger partial charge in [-0.2, -0.15) is 0 Å². The Labute approximate surface area is 181 Å². The zero-order valence-electron chi connectivity index (χ0n) is 14.8. The quantitative estimate of drug-likeness (QED) is 0.382. The van der Waals surface area contributed by atoms with Crippen molar-refractivity contribution in [1.82, 2.24) is 9.97 Å². The van der Waals surface area contributed by atoms with Crippen LogP contribution in [0, 0.1) is 0 Å². The van der Waals surface area contributed by atoms with E-state index < -0.39 is 10.0 Å². The molecule has 1 aromatic heterocycles. The van der Waals surface area contributed by atoms with Crippen molar-refractivity contribution >= 4 is 65.9 Å². The SMILES string of the molecule is O=S(=O)(Nc1nc2ccccc2nc1Nc1ccccc1Br)c1ccc(Cl)cc1. The molecule has 3 aromatic carbocycles. The second-order valence-electron chi connectivity index (χ2n) is 6.07. The lowest BCUT2D eigenvalue weighted by atomic mass is 10.3. The summed E-state index contributed by atoms with van der Waals surface area (Å²) in [6.45, 7) is 0. The summed E-state index contributed by atoms with van der Waals surface area (Å²) in [7, 11) is -3.89. The molecular formula is C20H14BrClN4O2S. The highest BCUT2D eigenvalue weighted by atomic mass is 79.9. The molecule has 0 spiro atoms. The highest BCUT2D eigenvalue weighted by Gasteiger charge is 2.19. The van der Waals surface area contributed by atoms with Gasteiger partial charge in [-0.05, 0) is 64.5 Å². The maximum Gasteiger partial charge on any atom is 0.263 e. The molecule has 0 fully saturated rings. The molecule has 0 atom stereocenters. The molecular weight excluding hydrogens is 476 g/mol. The molecule has 29 heavy (non-hydrogen) atoms. The van der Waals surface area contributed by atoms with Gasteiger partial charge in [0.2, 0.25) is 0 Å². The third kappa shape index (κ3) is 4.34. The fourth-order valence-electron chi connectivity index (χ4n) is 2.65. The van der Waals surface area contributed by atoms with Crippen molar-refractivity contribution < 1.29 is 8.42 Å². The summed E-state index contributed by atoms with van der Waals surface area (Å²) in [6, 6.07) is 20.6. The van der Waals surface area contributed by atoms with Gasteiger partial charge in [0.05, 0.1) is 21.6 Å². The van der Waals surface area contributed by atoms with Gasteiger partial charge in [0.1, 0.15) is 0 Å². The molecule has 9 heteroatoms. The summed E-state index contributed by atoms with van der Waals surface area (Å²) in [5, 5.41) is 3.60. The van der Waals surface area contributed by atoms with Crippen molar-refractivity contribution in [1.29, 1.82) is 0 Å². The number of benzene rings is 3. The van der Waals surface area contributed by atoms with Gasteiger partial charge in [0.25, 0.3) is 10.0 Å². The second-order valence-corrected chi connectivity index (χ2v) is 9.05. The van der Waals surface area contributed by atoms with Crippen molar-refractivity contribution in [2.45, 2.75) is 4.90 Å². The molecule has 0 saturated heterocycles. The van der Waals surface area contributed by atoms with Crippen LogP contribution in [0.3, 0.4) is 0 Å². The molecule has 0 radical (unpaired) electrons. The summed E-state index contributed by atoms with van der Waals surface area (Å²) in [5.41, 5.74) is 1.93. The first-order valence-electron chi connectivity index (χ1n) is 8.49. The Morgan fingerprint density at radius 1 is 0.793 bits per heavy atom. The number of nitrogens with zero attached hydrogens (tertiary/aromatic N) is 2. The van der Waals surface area contributed by atoms with Crippen LogP contribution in [0.4, 0.5) is 17.3 Å². The topological polar surface area (TPSA) is 84.0 Å². The van der Waals surface area contributed by atoms with E-state index in [1.165, 1.54) is 24.3 Å². The summed E-state index contributed by atoms with van der Waals surface area (Å²) >= 11 is 9.34. The van der Waals surface area contributed by atoms with Gasteiger partial charge >= 0.3 is 0 Å². The zero-order valence-corrected chi connectivity index (χ0v) is 18.0. The summed E-state index contributed by atoms with van der Waals surface area (Å²) < 4.78 is 29.1. The lowest BCUT2D eigenvalue weighted by molar-refractivity contribution is 0.601. The number of fused-ring (bicyclic) bond motifs is 1. The normalized spacial score (nSPS) is 11.4. The smallest absolute Gasteiger partial charge is 0.263 e. The number of rotatable bonds is 5. The van der Waals surface area contributed by atoms with E-state index in [1.54, 1.807) is 6.07 Å². The van der Waals surface area contributed by atoms with E-state index in [4.69, 9.17) is 11.6 Å². The number of nitrogens with one attached hydrogen (secondary N) is 2. The molecule has 4 rings (SSSR count). The van der Waals surface area contributed by atoms with Crippen molar-refractivity contribution in [3.8, 4) is 0 Å². The summed E-state index contributed by atoms with van der Waals surface area (Å²) in [4.78, 5) is 9.11. The van der Waals surface area contributed by atoms with Crippen LogP contribution in [0.15, 0.2) is 82.2 Å². The van der Waals surface area contributed by atoms with E-state index in [0.717, 1.165) is 10.2 Å². The Balaban J connectivity index is 1.79. The molecule has 0 saturated carbocycles. The Kier molecular flexibility index (Phi) is 5.40. The minimum Gasteiger partial charge on any atom is -0.336 e. The summed E-state index contributed by atoms with van der Waals surface area (Å²) in [6.07, 6.45) is 0. The fourth-order valence-corrected chi connectivity index (χ4v) is 4.17. The Hall–Kier alpha value is -2.68.